The molecule has 0 unspecified atom stereocenters. The molecule has 0 aliphatic heterocycles. The van der Waals surface area contributed by atoms with Crippen molar-refractivity contribution in [1.29, 1.82) is 0 Å². The molecule has 2 aromatic rings. The van der Waals surface area contributed by atoms with Gasteiger partial charge in [0.1, 0.15) is 18.8 Å². The number of anilines is 1. The number of nitrogens with zero attached hydrogens (tertiary/aromatic N) is 3. The van der Waals surface area contributed by atoms with Crippen LogP contribution in [0.4, 0.5) is 10.2 Å². The first-order valence-corrected chi connectivity index (χ1v) is 3.85. The maximum atomic E-state index is 11.9. The first-order valence-electron chi connectivity index (χ1n) is 3.85. The van der Waals surface area contributed by atoms with Crippen molar-refractivity contribution in [3.63, 3.8) is 0 Å². The number of hydrogen-bond acceptors (Lipinski definition) is 4. The number of alkyl halides is 1. The van der Waals surface area contributed by atoms with E-state index in [1.165, 1.54) is 6.33 Å². The third kappa shape index (κ3) is 1.42. The summed E-state index contributed by atoms with van der Waals surface area (Å²) in [7, 11) is 0. The number of rotatable bonds is 3. The van der Waals surface area contributed by atoms with E-state index >= 15 is 0 Å². The number of fused-ring (bicyclic) bond motifs is 1. The van der Waals surface area contributed by atoms with Crippen molar-refractivity contribution >= 4 is 16.9 Å². The largest absolute Gasteiger partial charge is 0.367 e. The Hall–Kier alpha value is -1.72. The van der Waals surface area contributed by atoms with Crippen LogP contribution >= 0.6 is 0 Å². The van der Waals surface area contributed by atoms with Crippen LogP contribution in [0.1, 0.15) is 0 Å². The third-order valence-electron chi connectivity index (χ3n) is 1.63. The molecule has 0 amide bonds. The second kappa shape index (κ2) is 3.34. The maximum Gasteiger partial charge on any atom is 0.160 e. The molecule has 2 rings (SSSR count). The smallest absolute Gasteiger partial charge is 0.160 e. The Morgan fingerprint density at radius 2 is 2.38 bits per heavy atom. The summed E-state index contributed by atoms with van der Waals surface area (Å²) in [6.45, 7) is -0.180. The van der Waals surface area contributed by atoms with Crippen LogP contribution in [0.15, 0.2) is 12.5 Å². The third-order valence-corrected chi connectivity index (χ3v) is 1.63. The van der Waals surface area contributed by atoms with Gasteiger partial charge in [-0.2, -0.15) is 5.10 Å². The van der Waals surface area contributed by atoms with Gasteiger partial charge in [0.15, 0.2) is 5.65 Å². The molecule has 6 heteroatoms. The van der Waals surface area contributed by atoms with E-state index < -0.39 is 6.67 Å². The van der Waals surface area contributed by atoms with Crippen LogP contribution in [0, 0.1) is 0 Å². The monoisotopic (exact) mass is 181 g/mol. The number of aromatic amines is 1. The van der Waals surface area contributed by atoms with Gasteiger partial charge in [-0.1, -0.05) is 0 Å². The topological polar surface area (TPSA) is 66.5 Å². The molecule has 0 saturated heterocycles. The van der Waals surface area contributed by atoms with Crippen molar-refractivity contribution in [3.8, 4) is 0 Å². The highest BCUT2D eigenvalue weighted by Gasteiger charge is 2.03. The van der Waals surface area contributed by atoms with Crippen molar-refractivity contribution in [2.75, 3.05) is 18.5 Å². The Bertz CT molecular complexity index is 398. The van der Waals surface area contributed by atoms with Gasteiger partial charge in [-0.25, -0.2) is 14.4 Å². The Balaban J connectivity index is 2.37. The molecule has 13 heavy (non-hydrogen) atoms. The molecule has 2 heterocycles. The quantitative estimate of drug-likeness (QED) is 0.732. The molecule has 68 valence electrons. The van der Waals surface area contributed by atoms with Crippen LogP contribution in [-0.4, -0.2) is 33.4 Å². The molecule has 0 atom stereocenters. The summed E-state index contributed by atoms with van der Waals surface area (Å²) in [6, 6.07) is 0. The van der Waals surface area contributed by atoms with E-state index in [9.17, 15) is 4.39 Å². The summed E-state index contributed by atoms with van der Waals surface area (Å²) in [5.74, 6) is 0.608. The fraction of sp³-hybridized carbons (Fsp3) is 0.286. The van der Waals surface area contributed by atoms with E-state index in [-0.39, 0.29) is 6.54 Å². The predicted octanol–water partition coefficient (Wildman–Crippen LogP) is 0.734. The second-order valence-electron chi connectivity index (χ2n) is 2.47. The van der Waals surface area contributed by atoms with Crippen LogP contribution in [0.2, 0.25) is 0 Å². The number of hydrogen-bond donors (Lipinski definition) is 2. The van der Waals surface area contributed by atoms with Gasteiger partial charge in [-0.05, 0) is 0 Å². The number of halogens is 1. The lowest BCUT2D eigenvalue weighted by atomic mass is 10.4. The minimum atomic E-state index is -0.427. The van der Waals surface area contributed by atoms with Crippen LogP contribution in [-0.2, 0) is 0 Å². The molecule has 0 radical (unpaired) electrons. The Labute approximate surface area is 73.4 Å². The molecule has 2 N–H and O–H groups in total. The maximum absolute atomic E-state index is 11.9. The molecule has 0 saturated carbocycles. The van der Waals surface area contributed by atoms with E-state index in [2.05, 4.69) is 25.5 Å². The fourth-order valence-corrected chi connectivity index (χ4v) is 1.07. The molecule has 5 nitrogen and oxygen atoms in total. The standard InChI is InChI=1S/C7H8FN5/c8-1-2-9-6-5-3-12-13-7(5)11-4-10-6/h3-4H,1-2H2,(H2,9,10,11,12,13). The zero-order valence-electron chi connectivity index (χ0n) is 6.79. The highest BCUT2D eigenvalue weighted by atomic mass is 19.1. The SMILES string of the molecule is FCCNc1ncnc2[nH]ncc12. The van der Waals surface area contributed by atoms with Crippen molar-refractivity contribution in [2.24, 2.45) is 0 Å². The van der Waals surface area contributed by atoms with Crippen molar-refractivity contribution in [1.82, 2.24) is 20.2 Å². The molecular formula is C7H8FN5. The van der Waals surface area contributed by atoms with E-state index in [1.54, 1.807) is 6.20 Å². The van der Waals surface area contributed by atoms with Gasteiger partial charge in [0.25, 0.3) is 0 Å². The summed E-state index contributed by atoms with van der Waals surface area (Å²) in [5.41, 5.74) is 0.649. The first kappa shape index (κ1) is 7.90. The molecular weight excluding hydrogens is 173 g/mol. The fourth-order valence-electron chi connectivity index (χ4n) is 1.07. The number of aromatic nitrogens is 4. The van der Waals surface area contributed by atoms with E-state index in [0.29, 0.717) is 11.5 Å². The molecule has 0 aliphatic carbocycles. The lowest BCUT2D eigenvalue weighted by Gasteiger charge is -2.01. The molecule has 0 aromatic carbocycles. The molecule has 0 spiro atoms. The van der Waals surface area contributed by atoms with E-state index in [1.807, 2.05) is 0 Å². The number of H-pyrrole nitrogens is 1. The molecule has 0 fully saturated rings. The molecule has 0 bridgehead atoms. The highest BCUT2D eigenvalue weighted by molar-refractivity contribution is 5.85. The minimum Gasteiger partial charge on any atom is -0.367 e. The Morgan fingerprint density at radius 1 is 1.46 bits per heavy atom. The van der Waals surface area contributed by atoms with Gasteiger partial charge in [0.2, 0.25) is 0 Å². The minimum absolute atomic E-state index is 0.247. The Kier molecular flexibility index (Phi) is 2.03. The second-order valence-corrected chi connectivity index (χ2v) is 2.47. The van der Waals surface area contributed by atoms with Gasteiger partial charge >= 0.3 is 0 Å². The highest BCUT2D eigenvalue weighted by Crippen LogP contribution is 2.15. The lowest BCUT2D eigenvalue weighted by Crippen LogP contribution is -2.05. The summed E-state index contributed by atoms with van der Waals surface area (Å²) in [4.78, 5) is 7.91. The lowest BCUT2D eigenvalue weighted by molar-refractivity contribution is 0.512. The van der Waals surface area contributed by atoms with E-state index in [0.717, 1.165) is 5.39 Å². The van der Waals surface area contributed by atoms with Crippen LogP contribution < -0.4 is 5.32 Å². The number of nitrogens with one attached hydrogen (secondary N) is 2. The average Bonchev–Trinajstić information content (AvgIpc) is 2.62. The van der Waals surface area contributed by atoms with Gasteiger partial charge < -0.3 is 5.32 Å². The average molecular weight is 181 g/mol. The van der Waals surface area contributed by atoms with Gasteiger partial charge in [0.05, 0.1) is 11.6 Å². The summed E-state index contributed by atoms with van der Waals surface area (Å²) in [6.07, 6.45) is 3.01. The van der Waals surface area contributed by atoms with Crippen molar-refractivity contribution in [2.45, 2.75) is 0 Å². The van der Waals surface area contributed by atoms with Crippen molar-refractivity contribution in [3.05, 3.63) is 12.5 Å². The van der Waals surface area contributed by atoms with Crippen molar-refractivity contribution < 1.29 is 4.39 Å². The molecule has 0 aliphatic rings. The van der Waals surface area contributed by atoms with Crippen LogP contribution in [0.5, 0.6) is 0 Å². The Morgan fingerprint density at radius 3 is 3.23 bits per heavy atom. The van der Waals surface area contributed by atoms with Gasteiger partial charge in [-0.3, -0.25) is 5.10 Å². The molecule has 2 aromatic heterocycles. The summed E-state index contributed by atoms with van der Waals surface area (Å²) >= 11 is 0. The van der Waals surface area contributed by atoms with E-state index in [4.69, 9.17) is 0 Å². The predicted molar refractivity (Wildman–Crippen MR) is 46.1 cm³/mol. The first-order chi connectivity index (χ1) is 6.42. The van der Waals surface area contributed by atoms with Gasteiger partial charge in [-0.15, -0.1) is 0 Å². The summed E-state index contributed by atoms with van der Waals surface area (Å²) < 4.78 is 11.9. The van der Waals surface area contributed by atoms with Crippen LogP contribution in [0.25, 0.3) is 11.0 Å². The summed E-state index contributed by atoms with van der Waals surface area (Å²) in [5, 5.41) is 10.1. The normalized spacial score (nSPS) is 10.5. The van der Waals surface area contributed by atoms with Gasteiger partial charge in [0, 0.05) is 6.54 Å². The van der Waals surface area contributed by atoms with Crippen LogP contribution in [0.3, 0.4) is 0 Å². The zero-order chi connectivity index (χ0) is 9.10. The zero-order valence-corrected chi connectivity index (χ0v) is 6.79.